The lowest BCUT2D eigenvalue weighted by molar-refractivity contribution is 0.251. The maximum Gasteiger partial charge on any atom is 0.319 e. The van der Waals surface area contributed by atoms with Gasteiger partial charge in [0.15, 0.2) is 0 Å². The van der Waals surface area contributed by atoms with Gasteiger partial charge in [0.05, 0.1) is 24.3 Å². The summed E-state index contributed by atoms with van der Waals surface area (Å²) in [5.41, 5.74) is 4.65. The Balaban J connectivity index is 1.62. The second-order valence-electron chi connectivity index (χ2n) is 8.03. The monoisotopic (exact) mass is 450 g/mol. The highest BCUT2D eigenvalue weighted by Gasteiger charge is 2.14. The standard InChI is InChI=1S/C26H34N4O3/c1-4-6-13-27-26(32)29-24-19(3)16-21(31)17-23(24)33-15-10-14-30-18-28-25(22(30)5-2)20-11-8-7-9-12-20/h7-9,11-12,16-18,31H,4-6,10,13-15H2,1-3H3,(H2,27,29,32). The Kier molecular flexibility index (Phi) is 8.75. The van der Waals surface area contributed by atoms with Gasteiger partial charge in [-0.25, -0.2) is 9.78 Å². The maximum absolute atomic E-state index is 12.2. The SMILES string of the molecule is CCCCNC(=O)Nc1c(C)cc(O)cc1OCCCn1cnc(-c2ccccc2)c1CC. The van der Waals surface area contributed by atoms with E-state index in [1.165, 1.54) is 11.8 Å². The van der Waals surface area contributed by atoms with Gasteiger partial charge in [-0.15, -0.1) is 0 Å². The van der Waals surface area contributed by atoms with Crippen molar-refractivity contribution in [2.75, 3.05) is 18.5 Å². The third-order valence-electron chi connectivity index (χ3n) is 5.47. The molecule has 33 heavy (non-hydrogen) atoms. The first-order valence-corrected chi connectivity index (χ1v) is 11.6. The minimum absolute atomic E-state index is 0.106. The molecule has 7 nitrogen and oxygen atoms in total. The zero-order valence-electron chi connectivity index (χ0n) is 19.7. The van der Waals surface area contributed by atoms with Crippen molar-refractivity contribution in [1.29, 1.82) is 0 Å². The van der Waals surface area contributed by atoms with Crippen molar-refractivity contribution in [2.45, 2.75) is 53.0 Å². The predicted octanol–water partition coefficient (Wildman–Crippen LogP) is 5.52. The fourth-order valence-electron chi connectivity index (χ4n) is 3.77. The third kappa shape index (κ3) is 6.51. The molecule has 1 aromatic heterocycles. The number of carbonyl (C=O) groups is 1. The first kappa shape index (κ1) is 24.2. The molecule has 0 bridgehead atoms. The summed E-state index contributed by atoms with van der Waals surface area (Å²) in [7, 11) is 0. The average Bonchev–Trinajstić information content (AvgIpc) is 3.22. The Bertz CT molecular complexity index is 1050. The predicted molar refractivity (Wildman–Crippen MR) is 132 cm³/mol. The van der Waals surface area contributed by atoms with Gasteiger partial charge >= 0.3 is 6.03 Å². The van der Waals surface area contributed by atoms with Crippen molar-refractivity contribution in [3.63, 3.8) is 0 Å². The summed E-state index contributed by atoms with van der Waals surface area (Å²) >= 11 is 0. The number of anilines is 1. The molecule has 0 saturated carbocycles. The number of ether oxygens (including phenoxy) is 1. The number of urea groups is 1. The molecule has 0 radical (unpaired) electrons. The number of benzene rings is 2. The largest absolute Gasteiger partial charge is 0.508 e. The molecule has 2 aromatic carbocycles. The fourth-order valence-corrected chi connectivity index (χ4v) is 3.77. The Morgan fingerprint density at radius 2 is 1.94 bits per heavy atom. The zero-order chi connectivity index (χ0) is 23.6. The number of aromatic nitrogens is 2. The van der Waals surface area contributed by atoms with E-state index in [4.69, 9.17) is 4.74 Å². The number of imidazole rings is 1. The van der Waals surface area contributed by atoms with Crippen LogP contribution >= 0.6 is 0 Å². The number of rotatable bonds is 11. The van der Waals surface area contributed by atoms with E-state index in [2.05, 4.69) is 46.2 Å². The molecule has 0 unspecified atom stereocenters. The molecule has 0 aliphatic heterocycles. The number of amides is 2. The van der Waals surface area contributed by atoms with E-state index < -0.39 is 0 Å². The van der Waals surface area contributed by atoms with Gasteiger partial charge in [0.1, 0.15) is 11.5 Å². The summed E-state index contributed by atoms with van der Waals surface area (Å²) in [5, 5.41) is 15.7. The maximum atomic E-state index is 12.2. The fraction of sp³-hybridized carbons (Fsp3) is 0.385. The summed E-state index contributed by atoms with van der Waals surface area (Å²) in [6.07, 6.45) is 5.46. The van der Waals surface area contributed by atoms with E-state index in [-0.39, 0.29) is 11.8 Å². The number of aryl methyl sites for hydroxylation is 2. The number of carbonyl (C=O) groups excluding carboxylic acids is 1. The van der Waals surface area contributed by atoms with Crippen LogP contribution in [0.25, 0.3) is 11.3 Å². The Hall–Kier alpha value is -3.48. The van der Waals surface area contributed by atoms with Gasteiger partial charge in [0, 0.05) is 30.4 Å². The number of phenolic OH excluding ortho intramolecular Hbond substituents is 1. The number of hydrogen-bond acceptors (Lipinski definition) is 4. The van der Waals surface area contributed by atoms with Gasteiger partial charge in [-0.1, -0.05) is 50.6 Å². The summed E-state index contributed by atoms with van der Waals surface area (Å²) in [4.78, 5) is 16.9. The quantitative estimate of drug-likeness (QED) is 0.265. The number of hydrogen-bond donors (Lipinski definition) is 3. The first-order valence-electron chi connectivity index (χ1n) is 11.6. The van der Waals surface area contributed by atoms with Crippen molar-refractivity contribution in [1.82, 2.24) is 14.9 Å². The lowest BCUT2D eigenvalue weighted by Crippen LogP contribution is -2.30. The molecule has 0 fully saturated rings. The highest BCUT2D eigenvalue weighted by atomic mass is 16.5. The number of phenols is 1. The summed E-state index contributed by atoms with van der Waals surface area (Å²) in [5.74, 6) is 0.569. The van der Waals surface area contributed by atoms with Crippen molar-refractivity contribution < 1.29 is 14.6 Å². The van der Waals surface area contributed by atoms with Crippen LogP contribution in [0.1, 0.15) is 44.4 Å². The number of nitrogens with one attached hydrogen (secondary N) is 2. The molecule has 0 atom stereocenters. The van der Waals surface area contributed by atoms with E-state index in [1.54, 1.807) is 6.07 Å². The number of nitrogens with zero attached hydrogens (tertiary/aromatic N) is 2. The van der Waals surface area contributed by atoms with Crippen LogP contribution in [-0.4, -0.2) is 33.8 Å². The van der Waals surface area contributed by atoms with Crippen LogP contribution in [0.15, 0.2) is 48.8 Å². The molecule has 0 saturated heterocycles. The Morgan fingerprint density at radius 1 is 1.15 bits per heavy atom. The first-order chi connectivity index (χ1) is 16.0. The summed E-state index contributed by atoms with van der Waals surface area (Å²) in [6.45, 7) is 7.86. The molecule has 3 N–H and O–H groups in total. The highest BCUT2D eigenvalue weighted by Crippen LogP contribution is 2.33. The topological polar surface area (TPSA) is 88.4 Å². The lowest BCUT2D eigenvalue weighted by atomic mass is 10.1. The molecular weight excluding hydrogens is 416 g/mol. The molecule has 0 aliphatic rings. The van der Waals surface area contributed by atoms with Crippen LogP contribution in [0.4, 0.5) is 10.5 Å². The summed E-state index contributed by atoms with van der Waals surface area (Å²) in [6, 6.07) is 13.1. The van der Waals surface area contributed by atoms with Crippen LogP contribution in [-0.2, 0) is 13.0 Å². The van der Waals surface area contributed by atoms with E-state index in [0.29, 0.717) is 24.6 Å². The molecular formula is C26H34N4O3. The Labute approximate surface area is 195 Å². The van der Waals surface area contributed by atoms with Gasteiger partial charge in [-0.2, -0.15) is 0 Å². The van der Waals surface area contributed by atoms with Crippen LogP contribution in [0.2, 0.25) is 0 Å². The van der Waals surface area contributed by atoms with Crippen molar-refractivity contribution in [3.8, 4) is 22.8 Å². The molecule has 3 rings (SSSR count). The van der Waals surface area contributed by atoms with E-state index >= 15 is 0 Å². The van der Waals surface area contributed by atoms with Crippen molar-refractivity contribution in [3.05, 3.63) is 60.0 Å². The normalized spacial score (nSPS) is 10.8. The molecule has 7 heteroatoms. The molecule has 0 spiro atoms. The van der Waals surface area contributed by atoms with Crippen molar-refractivity contribution in [2.24, 2.45) is 0 Å². The molecule has 2 amide bonds. The van der Waals surface area contributed by atoms with Crippen LogP contribution in [0.5, 0.6) is 11.5 Å². The van der Waals surface area contributed by atoms with Crippen LogP contribution < -0.4 is 15.4 Å². The third-order valence-corrected chi connectivity index (χ3v) is 5.47. The van der Waals surface area contributed by atoms with Gasteiger partial charge < -0.3 is 25.0 Å². The number of aromatic hydroxyl groups is 1. The zero-order valence-corrected chi connectivity index (χ0v) is 19.7. The van der Waals surface area contributed by atoms with Crippen molar-refractivity contribution >= 4 is 11.7 Å². The van der Waals surface area contributed by atoms with Gasteiger partial charge in [-0.3, -0.25) is 0 Å². The van der Waals surface area contributed by atoms with E-state index in [1.807, 2.05) is 31.5 Å². The highest BCUT2D eigenvalue weighted by molar-refractivity contribution is 5.92. The second kappa shape index (κ2) is 11.9. The van der Waals surface area contributed by atoms with Crippen LogP contribution in [0.3, 0.4) is 0 Å². The van der Waals surface area contributed by atoms with E-state index in [9.17, 15) is 9.90 Å². The van der Waals surface area contributed by atoms with Crippen LogP contribution in [0, 0.1) is 6.92 Å². The average molecular weight is 451 g/mol. The van der Waals surface area contributed by atoms with Gasteiger partial charge in [-0.05, 0) is 37.8 Å². The smallest absolute Gasteiger partial charge is 0.319 e. The van der Waals surface area contributed by atoms with E-state index in [0.717, 1.165) is 49.0 Å². The number of unbranched alkanes of at least 4 members (excludes halogenated alkanes) is 1. The van der Waals surface area contributed by atoms with Gasteiger partial charge in [0.25, 0.3) is 0 Å². The lowest BCUT2D eigenvalue weighted by Gasteiger charge is -2.16. The molecule has 176 valence electrons. The molecule has 1 heterocycles. The minimum Gasteiger partial charge on any atom is -0.508 e. The Morgan fingerprint density at radius 3 is 2.67 bits per heavy atom. The second-order valence-corrected chi connectivity index (χ2v) is 8.03. The molecule has 0 aliphatic carbocycles. The summed E-state index contributed by atoms with van der Waals surface area (Å²) < 4.78 is 8.14. The van der Waals surface area contributed by atoms with Gasteiger partial charge in [0.2, 0.25) is 0 Å². The molecule has 3 aromatic rings. The minimum atomic E-state index is -0.276.